The molecule has 2 saturated heterocycles. The molecular weight excluding hydrogens is 460 g/mol. The van der Waals surface area contributed by atoms with Crippen LogP contribution >= 0.6 is 0 Å². The van der Waals surface area contributed by atoms with Gasteiger partial charge in [-0.25, -0.2) is 0 Å². The summed E-state index contributed by atoms with van der Waals surface area (Å²) >= 11 is 0. The maximum atomic E-state index is 13.6. The molecule has 1 N–H and O–H groups in total. The minimum absolute atomic E-state index is 0.0269. The third-order valence-electron chi connectivity index (χ3n) is 6.43. The predicted molar refractivity (Wildman–Crippen MR) is 133 cm³/mol. The van der Waals surface area contributed by atoms with Gasteiger partial charge in [0.1, 0.15) is 31.2 Å². The number of Topliss-reactive ketones (excluding diaryl/α,β-unsaturated/α-hetero) is 1. The van der Waals surface area contributed by atoms with Crippen LogP contribution in [0.25, 0.3) is 5.76 Å². The molecule has 1 amide bonds. The van der Waals surface area contributed by atoms with Gasteiger partial charge in [-0.05, 0) is 42.3 Å². The Hall–Kier alpha value is -3.62. The first kappa shape index (κ1) is 25.5. The maximum Gasteiger partial charge on any atom is 0.295 e. The van der Waals surface area contributed by atoms with Crippen molar-refractivity contribution in [3.63, 3.8) is 0 Å². The van der Waals surface area contributed by atoms with Gasteiger partial charge in [0.25, 0.3) is 5.91 Å². The Morgan fingerprint density at radius 1 is 1.08 bits per heavy atom. The number of nitrogens with one attached hydrogen (secondary N) is 1. The summed E-state index contributed by atoms with van der Waals surface area (Å²) in [6.07, 6.45) is 1.63. The van der Waals surface area contributed by atoms with E-state index in [4.69, 9.17) is 14.2 Å². The molecule has 2 heterocycles. The molecule has 2 aliphatic rings. The van der Waals surface area contributed by atoms with E-state index in [0.29, 0.717) is 62.1 Å². The van der Waals surface area contributed by atoms with Crippen LogP contribution in [0.3, 0.4) is 0 Å². The molecule has 2 aromatic carbocycles. The second kappa shape index (κ2) is 11.9. The fourth-order valence-electron chi connectivity index (χ4n) is 4.56. The van der Waals surface area contributed by atoms with Gasteiger partial charge >= 0.3 is 0 Å². The number of ether oxygens (including phenoxy) is 3. The number of hydrogen-bond donors (Lipinski definition) is 1. The number of hydrogen-bond acceptors (Lipinski definition) is 6. The van der Waals surface area contributed by atoms with E-state index in [1.807, 2.05) is 19.1 Å². The van der Waals surface area contributed by atoms with Gasteiger partial charge in [-0.1, -0.05) is 42.7 Å². The van der Waals surface area contributed by atoms with Crippen molar-refractivity contribution in [2.24, 2.45) is 0 Å². The van der Waals surface area contributed by atoms with Crippen molar-refractivity contribution in [3.8, 4) is 11.5 Å². The van der Waals surface area contributed by atoms with Gasteiger partial charge in [0.2, 0.25) is 5.78 Å². The molecule has 0 spiro atoms. The number of benzene rings is 2. The summed E-state index contributed by atoms with van der Waals surface area (Å²) in [5.74, 6) is -0.574. The van der Waals surface area contributed by atoms with Crippen LogP contribution in [-0.2, 0) is 14.3 Å². The van der Waals surface area contributed by atoms with Gasteiger partial charge in [-0.2, -0.15) is 0 Å². The van der Waals surface area contributed by atoms with E-state index in [2.05, 4.69) is 6.58 Å². The number of likely N-dealkylation sites (tertiary alicyclic amines) is 1. The number of quaternary nitrogens is 1. The van der Waals surface area contributed by atoms with Crippen LogP contribution < -0.4 is 19.5 Å². The summed E-state index contributed by atoms with van der Waals surface area (Å²) in [6.45, 7) is 10.5. The van der Waals surface area contributed by atoms with Crippen molar-refractivity contribution in [2.45, 2.75) is 13.0 Å². The van der Waals surface area contributed by atoms with Crippen molar-refractivity contribution in [1.82, 2.24) is 4.90 Å². The molecule has 1 unspecified atom stereocenters. The monoisotopic (exact) mass is 492 g/mol. The summed E-state index contributed by atoms with van der Waals surface area (Å²) < 4.78 is 16.5. The van der Waals surface area contributed by atoms with Crippen LogP contribution in [0, 0.1) is 0 Å². The lowest BCUT2D eigenvalue weighted by Gasteiger charge is -2.30. The second-order valence-electron chi connectivity index (χ2n) is 8.71. The molecule has 4 rings (SSSR count). The smallest absolute Gasteiger partial charge is 0.295 e. The van der Waals surface area contributed by atoms with Crippen LogP contribution in [0.1, 0.15) is 24.1 Å². The van der Waals surface area contributed by atoms with Crippen LogP contribution in [0.4, 0.5) is 0 Å². The van der Waals surface area contributed by atoms with Crippen molar-refractivity contribution in [1.29, 1.82) is 0 Å². The first-order chi connectivity index (χ1) is 17.5. The van der Waals surface area contributed by atoms with Crippen LogP contribution in [0.2, 0.25) is 0 Å². The van der Waals surface area contributed by atoms with E-state index in [0.717, 1.165) is 13.1 Å². The minimum Gasteiger partial charge on any atom is -0.872 e. The maximum absolute atomic E-state index is 13.6. The minimum atomic E-state index is -0.759. The number of morpholine rings is 1. The van der Waals surface area contributed by atoms with E-state index in [-0.39, 0.29) is 5.57 Å². The van der Waals surface area contributed by atoms with Crippen LogP contribution in [0.5, 0.6) is 11.5 Å². The predicted octanol–water partition coefficient (Wildman–Crippen LogP) is 0.789. The molecule has 0 aromatic heterocycles. The lowest BCUT2D eigenvalue weighted by molar-refractivity contribution is -0.907. The van der Waals surface area contributed by atoms with Gasteiger partial charge in [0.15, 0.2) is 0 Å². The Kier molecular flexibility index (Phi) is 8.40. The Labute approximate surface area is 211 Å². The van der Waals surface area contributed by atoms with E-state index in [1.165, 1.54) is 9.80 Å². The quantitative estimate of drug-likeness (QED) is 0.228. The normalized spacial score (nSPS) is 19.9. The third-order valence-corrected chi connectivity index (χ3v) is 6.43. The first-order valence-corrected chi connectivity index (χ1v) is 12.3. The summed E-state index contributed by atoms with van der Waals surface area (Å²) in [7, 11) is 0. The van der Waals surface area contributed by atoms with E-state index < -0.39 is 23.5 Å². The fraction of sp³-hybridized carbons (Fsp3) is 0.357. The summed E-state index contributed by atoms with van der Waals surface area (Å²) in [5.41, 5.74) is 0.999. The number of nitrogens with zero attached hydrogens (tertiary/aromatic N) is 1. The SMILES string of the molecule is C=CCOc1ccc(C([O-])=C2C(=O)C(=O)N(CC[NH+]3CCOCC3)C2c2ccc(OCC)cc2)cc1. The standard InChI is InChI=1S/C28H32N2O6/c1-3-17-36-23-11-7-21(8-12-23)26(31)24-25(20-5-9-22(10-6-20)35-4-2)30(28(33)27(24)32)14-13-29-15-18-34-19-16-29/h3,5-12,25,31H,1,4,13-19H2,2H3. The van der Waals surface area contributed by atoms with Crippen LogP contribution in [0.15, 0.2) is 66.8 Å². The first-order valence-electron chi connectivity index (χ1n) is 12.3. The molecule has 190 valence electrons. The number of rotatable bonds is 10. The lowest BCUT2D eigenvalue weighted by Crippen LogP contribution is -3.14. The van der Waals surface area contributed by atoms with E-state index >= 15 is 0 Å². The summed E-state index contributed by atoms with van der Waals surface area (Å²) in [5, 5.41) is 13.6. The van der Waals surface area contributed by atoms with Crippen molar-refractivity contribution >= 4 is 17.4 Å². The number of ketones is 1. The van der Waals surface area contributed by atoms with Gasteiger partial charge in [-0.15, -0.1) is 0 Å². The largest absolute Gasteiger partial charge is 0.872 e. The van der Waals surface area contributed by atoms with Crippen molar-refractivity contribution in [3.05, 3.63) is 77.9 Å². The summed E-state index contributed by atoms with van der Waals surface area (Å²) in [4.78, 5) is 29.2. The fourth-order valence-corrected chi connectivity index (χ4v) is 4.56. The number of carbonyl (C=O) groups is 2. The Morgan fingerprint density at radius 3 is 2.36 bits per heavy atom. The van der Waals surface area contributed by atoms with Crippen molar-refractivity contribution < 1.29 is 33.8 Å². The van der Waals surface area contributed by atoms with Gasteiger partial charge in [0, 0.05) is 5.57 Å². The molecule has 0 saturated carbocycles. The average molecular weight is 493 g/mol. The zero-order valence-corrected chi connectivity index (χ0v) is 20.5. The highest BCUT2D eigenvalue weighted by Crippen LogP contribution is 2.39. The van der Waals surface area contributed by atoms with Gasteiger partial charge < -0.3 is 29.1 Å². The average Bonchev–Trinajstić information content (AvgIpc) is 3.17. The highest BCUT2D eigenvalue weighted by atomic mass is 16.5. The van der Waals surface area contributed by atoms with E-state index in [1.54, 1.807) is 42.5 Å². The number of amides is 1. The summed E-state index contributed by atoms with van der Waals surface area (Å²) in [6, 6.07) is 13.0. The van der Waals surface area contributed by atoms with Gasteiger partial charge in [0.05, 0.1) is 39.0 Å². The van der Waals surface area contributed by atoms with Crippen molar-refractivity contribution in [2.75, 3.05) is 52.6 Å². The Morgan fingerprint density at radius 2 is 1.72 bits per heavy atom. The number of carbonyl (C=O) groups excluding carboxylic acids is 2. The molecular formula is C28H32N2O6. The molecule has 0 bridgehead atoms. The Bertz CT molecular complexity index is 1100. The molecule has 8 heteroatoms. The zero-order valence-electron chi connectivity index (χ0n) is 20.5. The highest BCUT2D eigenvalue weighted by Gasteiger charge is 2.44. The molecule has 2 aliphatic heterocycles. The Balaban J connectivity index is 1.68. The van der Waals surface area contributed by atoms with E-state index in [9.17, 15) is 14.7 Å². The molecule has 0 radical (unpaired) electrons. The molecule has 8 nitrogen and oxygen atoms in total. The molecule has 1 atom stereocenters. The zero-order chi connectivity index (χ0) is 25.5. The second-order valence-corrected chi connectivity index (χ2v) is 8.71. The molecule has 2 aromatic rings. The topological polar surface area (TPSA) is 92.6 Å². The molecule has 2 fully saturated rings. The third kappa shape index (κ3) is 5.61. The molecule has 36 heavy (non-hydrogen) atoms. The highest BCUT2D eigenvalue weighted by molar-refractivity contribution is 6.46. The van der Waals surface area contributed by atoms with Gasteiger partial charge in [-0.3, -0.25) is 9.59 Å². The van der Waals surface area contributed by atoms with Crippen LogP contribution in [-0.4, -0.2) is 69.2 Å². The lowest BCUT2D eigenvalue weighted by atomic mass is 9.95. The molecule has 0 aliphatic carbocycles.